The largest absolute Gasteiger partial charge is 0.364 e. The van der Waals surface area contributed by atoms with Crippen LogP contribution in [0.25, 0.3) is 0 Å². The van der Waals surface area contributed by atoms with Gasteiger partial charge in [0, 0.05) is 25.2 Å². The summed E-state index contributed by atoms with van der Waals surface area (Å²) in [6.45, 7) is 13.3. The van der Waals surface area contributed by atoms with Crippen LogP contribution in [0.3, 0.4) is 0 Å². The van der Waals surface area contributed by atoms with Crippen molar-refractivity contribution < 1.29 is 0 Å². The third-order valence-corrected chi connectivity index (χ3v) is 4.65. The Morgan fingerprint density at radius 1 is 1.35 bits per heavy atom. The number of hydrogen-bond donors (Lipinski definition) is 1. The Hall–Kier alpha value is -0.730. The highest BCUT2D eigenvalue weighted by Crippen LogP contribution is 2.33. The maximum atomic E-state index is 6.49. The maximum Gasteiger partial charge on any atom is 0.0642 e. The second kappa shape index (κ2) is 5.95. The van der Waals surface area contributed by atoms with Crippen LogP contribution in [0.4, 0.5) is 5.69 Å². The summed E-state index contributed by atoms with van der Waals surface area (Å²) >= 11 is 6.49. The molecule has 2 nitrogen and oxygen atoms in total. The van der Waals surface area contributed by atoms with Gasteiger partial charge in [0.2, 0.25) is 0 Å². The molecule has 1 aliphatic heterocycles. The zero-order valence-electron chi connectivity index (χ0n) is 13.3. The van der Waals surface area contributed by atoms with Crippen LogP contribution in [0.5, 0.6) is 0 Å². The fourth-order valence-corrected chi connectivity index (χ4v) is 3.23. The highest BCUT2D eigenvalue weighted by molar-refractivity contribution is 6.33. The predicted molar refractivity (Wildman–Crippen MR) is 88.9 cm³/mol. The van der Waals surface area contributed by atoms with Gasteiger partial charge in [-0.25, -0.2) is 0 Å². The van der Waals surface area contributed by atoms with Gasteiger partial charge in [-0.3, -0.25) is 0 Å². The van der Waals surface area contributed by atoms with Gasteiger partial charge in [-0.05, 0) is 36.5 Å². The first-order valence-electron chi connectivity index (χ1n) is 7.59. The second-order valence-electron chi connectivity index (χ2n) is 7.00. The number of hydrogen-bond acceptors (Lipinski definition) is 2. The molecule has 1 aromatic carbocycles. The van der Waals surface area contributed by atoms with Crippen molar-refractivity contribution in [3.8, 4) is 0 Å². The third kappa shape index (κ3) is 3.29. The topological polar surface area (TPSA) is 15.3 Å². The highest BCUT2D eigenvalue weighted by atomic mass is 35.5. The molecule has 0 spiro atoms. The molecule has 1 saturated heterocycles. The molecule has 2 rings (SSSR count). The zero-order valence-corrected chi connectivity index (χ0v) is 14.1. The average molecular weight is 295 g/mol. The van der Waals surface area contributed by atoms with E-state index in [-0.39, 0.29) is 5.41 Å². The monoisotopic (exact) mass is 294 g/mol. The van der Waals surface area contributed by atoms with Gasteiger partial charge in [-0.15, -0.1) is 0 Å². The lowest BCUT2D eigenvalue weighted by molar-refractivity contribution is 0.234. The molecule has 0 amide bonds. The summed E-state index contributed by atoms with van der Waals surface area (Å²) in [7, 11) is 0. The SMILES string of the molecule is CCC1CNC(C(C)(C)C)CN1c1ccc(C)cc1Cl. The number of nitrogens with zero attached hydrogens (tertiary/aromatic N) is 1. The van der Waals surface area contributed by atoms with Crippen LogP contribution < -0.4 is 10.2 Å². The van der Waals surface area contributed by atoms with Gasteiger partial charge in [0.15, 0.2) is 0 Å². The normalized spacial score (nSPS) is 24.0. The lowest BCUT2D eigenvalue weighted by Crippen LogP contribution is -2.60. The fourth-order valence-electron chi connectivity index (χ4n) is 2.88. The van der Waals surface area contributed by atoms with E-state index in [2.05, 4.69) is 63.0 Å². The molecule has 0 bridgehead atoms. The summed E-state index contributed by atoms with van der Waals surface area (Å²) in [5.74, 6) is 0. The molecule has 0 aromatic heterocycles. The molecule has 3 heteroatoms. The van der Waals surface area contributed by atoms with Crippen LogP contribution in [0.15, 0.2) is 18.2 Å². The summed E-state index contributed by atoms with van der Waals surface area (Å²) in [6.07, 6.45) is 1.13. The number of anilines is 1. The molecule has 1 N–H and O–H groups in total. The number of rotatable bonds is 2. The molecule has 1 aliphatic rings. The van der Waals surface area contributed by atoms with E-state index < -0.39 is 0 Å². The maximum absolute atomic E-state index is 6.49. The lowest BCUT2D eigenvalue weighted by atomic mass is 9.84. The molecule has 0 saturated carbocycles. The third-order valence-electron chi connectivity index (χ3n) is 4.35. The molecule has 0 aliphatic carbocycles. The number of halogens is 1. The summed E-state index contributed by atoms with van der Waals surface area (Å²) < 4.78 is 0. The summed E-state index contributed by atoms with van der Waals surface area (Å²) in [6, 6.07) is 7.40. The first-order chi connectivity index (χ1) is 9.32. The van der Waals surface area contributed by atoms with Gasteiger partial charge < -0.3 is 10.2 Å². The minimum Gasteiger partial charge on any atom is -0.364 e. The van der Waals surface area contributed by atoms with Crippen molar-refractivity contribution in [1.82, 2.24) is 5.32 Å². The van der Waals surface area contributed by atoms with Crippen LogP contribution in [-0.2, 0) is 0 Å². The smallest absolute Gasteiger partial charge is 0.0642 e. The Balaban J connectivity index is 2.29. The van der Waals surface area contributed by atoms with Crippen molar-refractivity contribution in [2.75, 3.05) is 18.0 Å². The second-order valence-corrected chi connectivity index (χ2v) is 7.40. The minimum atomic E-state index is 0.258. The number of piperazine rings is 1. The summed E-state index contributed by atoms with van der Waals surface area (Å²) in [4.78, 5) is 2.49. The lowest BCUT2D eigenvalue weighted by Gasteiger charge is -2.46. The van der Waals surface area contributed by atoms with Gasteiger partial charge in [-0.1, -0.05) is 45.4 Å². The number of benzene rings is 1. The van der Waals surface area contributed by atoms with Crippen molar-refractivity contribution in [1.29, 1.82) is 0 Å². The molecular formula is C17H27ClN2. The summed E-state index contributed by atoms with van der Waals surface area (Å²) in [5, 5.41) is 4.58. The van der Waals surface area contributed by atoms with E-state index in [1.165, 1.54) is 11.3 Å². The Bertz CT molecular complexity index is 465. The number of nitrogens with one attached hydrogen (secondary N) is 1. The Kier molecular flexibility index (Phi) is 4.66. The predicted octanol–water partition coefficient (Wildman–Crippen LogP) is 4.25. The molecule has 2 unspecified atom stereocenters. The van der Waals surface area contributed by atoms with E-state index in [1.54, 1.807) is 0 Å². The van der Waals surface area contributed by atoms with Crippen LogP contribution in [0.1, 0.15) is 39.7 Å². The van der Waals surface area contributed by atoms with Crippen molar-refractivity contribution in [2.45, 2.75) is 53.1 Å². The van der Waals surface area contributed by atoms with Crippen molar-refractivity contribution in [3.63, 3.8) is 0 Å². The summed E-state index contributed by atoms with van der Waals surface area (Å²) in [5.41, 5.74) is 2.66. The van der Waals surface area contributed by atoms with E-state index in [0.717, 1.165) is 24.5 Å². The highest BCUT2D eigenvalue weighted by Gasteiger charge is 2.34. The Morgan fingerprint density at radius 2 is 2.05 bits per heavy atom. The Labute approximate surface area is 128 Å². The zero-order chi connectivity index (χ0) is 14.9. The molecule has 1 heterocycles. The van der Waals surface area contributed by atoms with Gasteiger partial charge in [0.25, 0.3) is 0 Å². The molecule has 20 heavy (non-hydrogen) atoms. The van der Waals surface area contributed by atoms with Gasteiger partial charge >= 0.3 is 0 Å². The van der Waals surface area contributed by atoms with E-state index in [4.69, 9.17) is 11.6 Å². The van der Waals surface area contributed by atoms with Gasteiger partial charge in [-0.2, -0.15) is 0 Å². The molecule has 1 fully saturated rings. The molecule has 112 valence electrons. The molecule has 2 atom stereocenters. The van der Waals surface area contributed by atoms with Crippen LogP contribution in [0, 0.1) is 12.3 Å². The Morgan fingerprint density at radius 3 is 2.60 bits per heavy atom. The molecular weight excluding hydrogens is 268 g/mol. The van der Waals surface area contributed by atoms with E-state index in [1.807, 2.05) is 0 Å². The van der Waals surface area contributed by atoms with Crippen molar-refractivity contribution in [2.24, 2.45) is 5.41 Å². The first-order valence-corrected chi connectivity index (χ1v) is 7.97. The standard InChI is InChI=1S/C17H27ClN2/c1-6-13-10-19-16(17(3,4)5)11-20(13)15-8-7-12(2)9-14(15)18/h7-9,13,16,19H,6,10-11H2,1-5H3. The van der Waals surface area contributed by atoms with Crippen LogP contribution in [-0.4, -0.2) is 25.2 Å². The fraction of sp³-hybridized carbons (Fsp3) is 0.647. The van der Waals surface area contributed by atoms with E-state index >= 15 is 0 Å². The van der Waals surface area contributed by atoms with Crippen molar-refractivity contribution in [3.05, 3.63) is 28.8 Å². The number of aryl methyl sites for hydroxylation is 1. The van der Waals surface area contributed by atoms with Gasteiger partial charge in [0.05, 0.1) is 10.7 Å². The minimum absolute atomic E-state index is 0.258. The molecule has 1 aromatic rings. The van der Waals surface area contributed by atoms with Crippen molar-refractivity contribution >= 4 is 17.3 Å². The van der Waals surface area contributed by atoms with Crippen LogP contribution in [0.2, 0.25) is 5.02 Å². The first kappa shape index (κ1) is 15.7. The van der Waals surface area contributed by atoms with Gasteiger partial charge in [0.1, 0.15) is 0 Å². The van der Waals surface area contributed by atoms with E-state index in [9.17, 15) is 0 Å². The quantitative estimate of drug-likeness (QED) is 0.877. The average Bonchev–Trinajstić information content (AvgIpc) is 2.37. The van der Waals surface area contributed by atoms with Crippen LogP contribution >= 0.6 is 11.6 Å². The van der Waals surface area contributed by atoms with E-state index in [0.29, 0.717) is 12.1 Å². The molecule has 0 radical (unpaired) electrons.